The number of aromatic hydroxyl groups is 1. The normalized spacial score (nSPS) is 16.6. The molecule has 1 aromatic carbocycles. The molecule has 0 radical (unpaired) electrons. The van der Waals surface area contributed by atoms with Gasteiger partial charge in [-0.3, -0.25) is 10.1 Å². The molecule has 100 valence electrons. The van der Waals surface area contributed by atoms with Gasteiger partial charge in [0.05, 0.1) is 15.5 Å². The van der Waals surface area contributed by atoms with Crippen LogP contribution >= 0.6 is 24.0 Å². The van der Waals surface area contributed by atoms with Crippen molar-refractivity contribution in [3.05, 3.63) is 32.8 Å². The van der Waals surface area contributed by atoms with Gasteiger partial charge < -0.3 is 10.8 Å². The van der Waals surface area contributed by atoms with Crippen LogP contribution in [0.1, 0.15) is 30.9 Å². The fourth-order valence-electron chi connectivity index (χ4n) is 2.09. The van der Waals surface area contributed by atoms with Crippen LogP contribution < -0.4 is 5.73 Å². The predicted molar refractivity (Wildman–Crippen MR) is 71.3 cm³/mol. The molecule has 1 atom stereocenters. The zero-order chi connectivity index (χ0) is 12.6. The lowest BCUT2D eigenvalue weighted by Crippen LogP contribution is -2.27. The van der Waals surface area contributed by atoms with Crippen molar-refractivity contribution in [2.24, 2.45) is 11.7 Å². The number of rotatable bonds is 3. The van der Waals surface area contributed by atoms with Crippen molar-refractivity contribution in [3.63, 3.8) is 0 Å². The first kappa shape index (κ1) is 15.0. The standard InChI is InChI=1S/C11H13ClN2O3.ClH/c12-7-4-5-8(14(16)17)9(11(7)15)10(13)6-2-1-3-6;/h4-6,10,15H,1-3,13H2;1H/t10-;/m1./s1. The molecular formula is C11H14Cl2N2O3. The van der Waals surface area contributed by atoms with Gasteiger partial charge in [-0.15, -0.1) is 12.4 Å². The molecule has 0 saturated heterocycles. The number of benzene rings is 1. The third-order valence-corrected chi connectivity index (χ3v) is 3.64. The third-order valence-electron chi connectivity index (χ3n) is 3.33. The Bertz CT molecular complexity index is 464. The van der Waals surface area contributed by atoms with Gasteiger partial charge in [-0.25, -0.2) is 0 Å². The monoisotopic (exact) mass is 292 g/mol. The van der Waals surface area contributed by atoms with Gasteiger partial charge in [0, 0.05) is 12.1 Å². The largest absolute Gasteiger partial charge is 0.506 e. The van der Waals surface area contributed by atoms with E-state index in [1.165, 1.54) is 12.1 Å². The van der Waals surface area contributed by atoms with Crippen molar-refractivity contribution in [2.75, 3.05) is 0 Å². The summed E-state index contributed by atoms with van der Waals surface area (Å²) in [5.74, 6) is -0.0710. The summed E-state index contributed by atoms with van der Waals surface area (Å²) in [6, 6.07) is 2.07. The third kappa shape index (κ3) is 2.53. The number of hydrogen-bond acceptors (Lipinski definition) is 4. The van der Waals surface area contributed by atoms with E-state index in [9.17, 15) is 15.2 Å². The van der Waals surface area contributed by atoms with Crippen LogP contribution in [-0.2, 0) is 0 Å². The Morgan fingerprint density at radius 2 is 2.11 bits per heavy atom. The van der Waals surface area contributed by atoms with Crippen molar-refractivity contribution >= 4 is 29.7 Å². The number of nitrogens with two attached hydrogens (primary N) is 1. The van der Waals surface area contributed by atoms with Crippen molar-refractivity contribution < 1.29 is 10.0 Å². The molecule has 0 spiro atoms. The second-order valence-electron chi connectivity index (χ2n) is 4.30. The van der Waals surface area contributed by atoms with E-state index in [0.29, 0.717) is 0 Å². The molecule has 1 aliphatic rings. The highest BCUT2D eigenvalue weighted by Gasteiger charge is 2.33. The highest BCUT2D eigenvalue weighted by atomic mass is 35.5. The molecule has 1 saturated carbocycles. The van der Waals surface area contributed by atoms with Crippen LogP contribution in [0, 0.1) is 16.0 Å². The molecule has 1 aliphatic carbocycles. The van der Waals surface area contributed by atoms with Gasteiger partial charge in [-0.05, 0) is 24.8 Å². The van der Waals surface area contributed by atoms with Crippen LogP contribution in [0.2, 0.25) is 5.02 Å². The van der Waals surface area contributed by atoms with E-state index in [-0.39, 0.29) is 40.3 Å². The molecule has 18 heavy (non-hydrogen) atoms. The molecule has 0 amide bonds. The maximum absolute atomic E-state index is 10.9. The Kier molecular flexibility index (Phi) is 4.78. The van der Waals surface area contributed by atoms with E-state index in [4.69, 9.17) is 17.3 Å². The van der Waals surface area contributed by atoms with Crippen LogP contribution in [-0.4, -0.2) is 10.0 Å². The molecule has 0 heterocycles. The SMILES string of the molecule is Cl.N[C@@H](c1c([N+](=O)[O-])ccc(Cl)c1O)C1CCC1. The Balaban J connectivity index is 0.00000162. The minimum absolute atomic E-state index is 0. The number of phenols is 1. The predicted octanol–water partition coefficient (Wildman–Crippen LogP) is 3.18. The first-order valence-corrected chi connectivity index (χ1v) is 5.81. The molecule has 1 aromatic rings. The summed E-state index contributed by atoms with van der Waals surface area (Å²) < 4.78 is 0. The minimum Gasteiger partial charge on any atom is -0.506 e. The second-order valence-corrected chi connectivity index (χ2v) is 4.71. The average Bonchev–Trinajstić information content (AvgIpc) is 2.18. The van der Waals surface area contributed by atoms with Gasteiger partial charge in [0.2, 0.25) is 0 Å². The fraction of sp³-hybridized carbons (Fsp3) is 0.455. The summed E-state index contributed by atoms with van der Waals surface area (Å²) in [6.07, 6.45) is 2.95. The molecular weight excluding hydrogens is 279 g/mol. The smallest absolute Gasteiger partial charge is 0.278 e. The molecule has 0 aliphatic heterocycles. The van der Waals surface area contributed by atoms with Crippen molar-refractivity contribution in [2.45, 2.75) is 25.3 Å². The Labute approximate surface area is 115 Å². The van der Waals surface area contributed by atoms with Crippen LogP contribution in [0.4, 0.5) is 5.69 Å². The Morgan fingerprint density at radius 3 is 2.56 bits per heavy atom. The van der Waals surface area contributed by atoms with Crippen LogP contribution in [0.25, 0.3) is 0 Å². The van der Waals surface area contributed by atoms with Gasteiger partial charge in [-0.1, -0.05) is 18.0 Å². The summed E-state index contributed by atoms with van der Waals surface area (Å²) in [6.45, 7) is 0. The van der Waals surface area contributed by atoms with Gasteiger partial charge in [0.15, 0.2) is 0 Å². The Hall–Kier alpha value is -1.04. The number of nitrogens with zero attached hydrogens (tertiary/aromatic N) is 1. The molecule has 2 rings (SSSR count). The lowest BCUT2D eigenvalue weighted by Gasteiger charge is -2.31. The number of nitro groups is 1. The quantitative estimate of drug-likeness (QED) is 0.661. The maximum atomic E-state index is 10.9. The Morgan fingerprint density at radius 1 is 1.50 bits per heavy atom. The zero-order valence-electron chi connectivity index (χ0n) is 9.51. The van der Waals surface area contributed by atoms with E-state index in [0.717, 1.165) is 19.3 Å². The highest BCUT2D eigenvalue weighted by Crippen LogP contribution is 2.44. The summed E-state index contributed by atoms with van der Waals surface area (Å²) in [5.41, 5.74) is 5.98. The fourth-order valence-corrected chi connectivity index (χ4v) is 2.26. The number of hydrogen-bond donors (Lipinski definition) is 2. The molecule has 5 nitrogen and oxygen atoms in total. The van der Waals surface area contributed by atoms with Crippen LogP contribution in [0.15, 0.2) is 12.1 Å². The van der Waals surface area contributed by atoms with E-state index in [1.807, 2.05) is 0 Å². The van der Waals surface area contributed by atoms with Crippen molar-refractivity contribution in [3.8, 4) is 5.75 Å². The van der Waals surface area contributed by atoms with E-state index in [2.05, 4.69) is 0 Å². The van der Waals surface area contributed by atoms with E-state index >= 15 is 0 Å². The van der Waals surface area contributed by atoms with Crippen molar-refractivity contribution in [1.82, 2.24) is 0 Å². The van der Waals surface area contributed by atoms with Gasteiger partial charge in [0.25, 0.3) is 5.69 Å². The molecule has 0 unspecified atom stereocenters. The first-order valence-electron chi connectivity index (χ1n) is 5.43. The average molecular weight is 293 g/mol. The summed E-state index contributed by atoms with van der Waals surface area (Å²) in [4.78, 5) is 10.4. The summed E-state index contributed by atoms with van der Waals surface area (Å²) >= 11 is 5.77. The van der Waals surface area contributed by atoms with Crippen LogP contribution in [0.5, 0.6) is 5.75 Å². The van der Waals surface area contributed by atoms with Gasteiger partial charge in [0.1, 0.15) is 5.75 Å². The first-order chi connectivity index (χ1) is 8.02. The summed E-state index contributed by atoms with van der Waals surface area (Å²) in [7, 11) is 0. The lowest BCUT2D eigenvalue weighted by molar-refractivity contribution is -0.385. The molecule has 3 N–H and O–H groups in total. The van der Waals surface area contributed by atoms with E-state index in [1.54, 1.807) is 0 Å². The number of phenolic OH excluding ortho intramolecular Hbond substituents is 1. The van der Waals surface area contributed by atoms with Gasteiger partial charge >= 0.3 is 0 Å². The second kappa shape index (κ2) is 5.73. The van der Waals surface area contributed by atoms with Crippen molar-refractivity contribution in [1.29, 1.82) is 0 Å². The zero-order valence-corrected chi connectivity index (χ0v) is 11.1. The molecule has 0 aromatic heterocycles. The van der Waals surface area contributed by atoms with E-state index < -0.39 is 11.0 Å². The minimum atomic E-state index is -0.538. The number of nitro benzene ring substituents is 1. The molecule has 1 fully saturated rings. The maximum Gasteiger partial charge on any atom is 0.278 e. The number of halogens is 2. The van der Waals surface area contributed by atoms with Gasteiger partial charge in [-0.2, -0.15) is 0 Å². The topological polar surface area (TPSA) is 89.4 Å². The lowest BCUT2D eigenvalue weighted by atomic mass is 9.77. The summed E-state index contributed by atoms with van der Waals surface area (Å²) in [5, 5.41) is 20.9. The molecule has 0 bridgehead atoms. The van der Waals surface area contributed by atoms with Crippen LogP contribution in [0.3, 0.4) is 0 Å². The highest BCUT2D eigenvalue weighted by molar-refractivity contribution is 6.32. The molecule has 7 heteroatoms.